The number of furan rings is 1. The second kappa shape index (κ2) is 22.5. The van der Waals surface area contributed by atoms with E-state index in [0.717, 1.165) is 50.1 Å². The van der Waals surface area contributed by atoms with Crippen molar-refractivity contribution in [3.8, 4) is 22.3 Å². The fourth-order valence-corrected chi connectivity index (χ4v) is 11.1. The summed E-state index contributed by atoms with van der Waals surface area (Å²) in [5, 5.41) is 6.03. The summed E-state index contributed by atoms with van der Waals surface area (Å²) < 4.78 is 8.77. The van der Waals surface area contributed by atoms with E-state index in [1.54, 1.807) is 0 Å². The summed E-state index contributed by atoms with van der Waals surface area (Å²) in [6.45, 7) is 24.5. The van der Waals surface area contributed by atoms with Crippen LogP contribution in [-0.4, -0.2) is 4.98 Å². The van der Waals surface area contributed by atoms with Crippen LogP contribution in [0.4, 0.5) is 17.1 Å². The van der Waals surface area contributed by atoms with Crippen LogP contribution in [-0.2, 0) is 0 Å². The molecule has 0 fully saturated rings. The maximum atomic E-state index is 6.20. The molecule has 0 bridgehead atoms. The van der Waals surface area contributed by atoms with Crippen LogP contribution in [0, 0.1) is 27.7 Å². The molecule has 0 spiro atoms. The lowest BCUT2D eigenvalue weighted by molar-refractivity contribution is 0.669. The van der Waals surface area contributed by atoms with E-state index in [1.165, 1.54) is 86.9 Å². The molecule has 1 N–H and O–H groups in total. The molecule has 12 aromatic rings. The van der Waals surface area contributed by atoms with Gasteiger partial charge in [-0.3, -0.25) is 0 Å². The van der Waals surface area contributed by atoms with Crippen molar-refractivity contribution in [1.29, 1.82) is 0 Å². The number of nitrogens with zero attached hydrogens (tertiary/aromatic N) is 1. The number of nitrogens with one attached hydrogen (secondary N) is 1. The Morgan fingerprint density at radius 3 is 1.92 bits per heavy atom. The summed E-state index contributed by atoms with van der Waals surface area (Å²) in [7, 11) is 0. The third kappa shape index (κ3) is 10.1. The fourth-order valence-electron chi connectivity index (χ4n) is 9.91. The number of rotatable bonds is 8. The highest BCUT2D eigenvalue weighted by molar-refractivity contribution is 7.26. The van der Waals surface area contributed by atoms with Gasteiger partial charge in [-0.15, -0.1) is 11.3 Å². The van der Waals surface area contributed by atoms with Gasteiger partial charge in [0.2, 0.25) is 0 Å². The Morgan fingerprint density at radius 2 is 1.18 bits per heavy atom. The second-order valence-corrected chi connectivity index (χ2v) is 19.5. The standard InChI is InChI=1S/C45H33NOS.C12H11N.C11H14.C2H6/c1-28-23-40-39-26-32(31-18-17-30(3)37(25-31)35-14-8-7-11-29(35)2)19-22-44(39)48-45(40)41(24-28)46(33-12-5-4-6-13-33)34-20-21-43-38(27-34)36-15-9-10-16-42(36)47-43;1-3-9-10-7-5-6-8-12(10)13-11(9)4-2;1-4-9(2)11-8-6-5-7-10(11)3;1-2/h4-27H,1-3H3;3-8,13H,1-2H2;4-8H,1-3H3;1-2H3/b;;9-4-;. The van der Waals surface area contributed by atoms with Crippen LogP contribution in [0.15, 0.2) is 218 Å². The molecule has 12 rings (SSSR count). The number of hydrogen-bond acceptors (Lipinski definition) is 3. The van der Waals surface area contributed by atoms with Crippen molar-refractivity contribution in [1.82, 2.24) is 4.98 Å². The van der Waals surface area contributed by atoms with E-state index in [9.17, 15) is 0 Å². The summed E-state index contributed by atoms with van der Waals surface area (Å²) in [6, 6.07) is 69.4. The normalized spacial score (nSPS) is 11.2. The summed E-state index contributed by atoms with van der Waals surface area (Å²) in [6.07, 6.45) is 5.81. The lowest BCUT2D eigenvalue weighted by Crippen LogP contribution is -2.10. The Morgan fingerprint density at radius 1 is 0.527 bits per heavy atom. The zero-order valence-corrected chi connectivity index (χ0v) is 44.7. The van der Waals surface area contributed by atoms with Gasteiger partial charge in [0.25, 0.3) is 0 Å². The summed E-state index contributed by atoms with van der Waals surface area (Å²) in [4.78, 5) is 5.68. The van der Waals surface area contributed by atoms with Crippen molar-refractivity contribution in [2.24, 2.45) is 0 Å². The number of para-hydroxylation sites is 3. The molecule has 9 aromatic carbocycles. The SMILES string of the molecule is C/C=C(/C)c1ccccc1C.C=Cc1[nH]c2ccccc2c1C=C.CC.Cc1cc(N(c2ccccc2)c2ccc3oc4ccccc4c3c2)c2sc3ccc(-c4ccc(C)c(-c5ccccc5C)c4)cc3c2c1. The number of anilines is 3. The fraction of sp³-hybridized carbons (Fsp3) is 0.114. The molecule has 0 unspecified atom stereocenters. The van der Waals surface area contributed by atoms with Gasteiger partial charge in [0.15, 0.2) is 0 Å². The van der Waals surface area contributed by atoms with Crippen LogP contribution in [0.2, 0.25) is 0 Å². The number of benzene rings is 9. The van der Waals surface area contributed by atoms with Crippen molar-refractivity contribution in [2.75, 3.05) is 4.90 Å². The number of aryl methyl sites for hydroxylation is 4. The van der Waals surface area contributed by atoms with E-state index in [2.05, 4.69) is 241 Å². The van der Waals surface area contributed by atoms with Gasteiger partial charge in [-0.25, -0.2) is 0 Å². The lowest BCUT2D eigenvalue weighted by Gasteiger charge is -2.26. The van der Waals surface area contributed by atoms with Crippen LogP contribution >= 0.6 is 11.3 Å². The Bertz CT molecular complexity index is 3990. The van der Waals surface area contributed by atoms with Crippen LogP contribution in [0.5, 0.6) is 0 Å². The van der Waals surface area contributed by atoms with Gasteiger partial charge in [-0.1, -0.05) is 160 Å². The number of aromatic nitrogens is 1. The average molecular weight is 981 g/mol. The third-order valence-corrected chi connectivity index (χ3v) is 15.0. The highest BCUT2D eigenvalue weighted by Crippen LogP contribution is 2.47. The quantitative estimate of drug-likeness (QED) is 0.165. The number of aromatic amines is 1. The molecule has 0 saturated heterocycles. The molecular weight excluding hydrogens is 917 g/mol. The Kier molecular flexibility index (Phi) is 15.4. The highest BCUT2D eigenvalue weighted by atomic mass is 32.1. The average Bonchev–Trinajstić information content (AvgIpc) is 4.14. The minimum absolute atomic E-state index is 0.901. The van der Waals surface area contributed by atoms with Crippen LogP contribution in [0.1, 0.15) is 66.8 Å². The predicted octanol–water partition coefficient (Wildman–Crippen LogP) is 21.6. The van der Waals surface area contributed by atoms with Crippen molar-refractivity contribution in [3.63, 3.8) is 0 Å². The number of thiophene rings is 1. The van der Waals surface area contributed by atoms with E-state index in [4.69, 9.17) is 4.42 Å². The van der Waals surface area contributed by atoms with Gasteiger partial charge in [0.05, 0.1) is 10.4 Å². The molecule has 3 heterocycles. The molecule has 0 amide bonds. The molecule has 0 aliphatic rings. The molecule has 0 aliphatic carbocycles. The van der Waals surface area contributed by atoms with Crippen LogP contribution < -0.4 is 4.90 Å². The number of allylic oxidation sites excluding steroid dienone is 2. The van der Waals surface area contributed by atoms with Crippen molar-refractivity contribution in [3.05, 3.63) is 252 Å². The molecular formula is C70H64N2OS. The topological polar surface area (TPSA) is 32.2 Å². The molecule has 366 valence electrons. The van der Waals surface area contributed by atoms with E-state index in [0.29, 0.717) is 0 Å². The first-order valence-corrected chi connectivity index (χ1v) is 26.4. The number of H-pyrrole nitrogens is 1. The number of fused-ring (bicyclic) bond motifs is 7. The van der Waals surface area contributed by atoms with E-state index >= 15 is 0 Å². The highest BCUT2D eigenvalue weighted by Gasteiger charge is 2.21. The van der Waals surface area contributed by atoms with Gasteiger partial charge < -0.3 is 14.3 Å². The zero-order valence-electron chi connectivity index (χ0n) is 43.9. The van der Waals surface area contributed by atoms with E-state index in [1.807, 2.05) is 61.6 Å². The first-order chi connectivity index (χ1) is 36.1. The lowest BCUT2D eigenvalue weighted by atomic mass is 9.92. The van der Waals surface area contributed by atoms with Crippen molar-refractivity contribution in [2.45, 2.75) is 55.4 Å². The molecule has 3 aromatic heterocycles. The van der Waals surface area contributed by atoms with Crippen molar-refractivity contribution >= 4 is 99.1 Å². The molecule has 0 radical (unpaired) electrons. The Balaban J connectivity index is 0.000000211. The van der Waals surface area contributed by atoms with Gasteiger partial charge in [-0.05, 0) is 176 Å². The van der Waals surface area contributed by atoms with E-state index in [-0.39, 0.29) is 0 Å². The largest absolute Gasteiger partial charge is 0.456 e. The molecule has 0 aliphatic heterocycles. The number of hydrogen-bond donors (Lipinski definition) is 1. The summed E-state index contributed by atoms with van der Waals surface area (Å²) in [5.74, 6) is 0. The second-order valence-electron chi connectivity index (χ2n) is 18.5. The summed E-state index contributed by atoms with van der Waals surface area (Å²) >= 11 is 1.87. The predicted molar refractivity (Wildman–Crippen MR) is 327 cm³/mol. The summed E-state index contributed by atoms with van der Waals surface area (Å²) in [5.41, 5.74) is 21.5. The Labute approximate surface area is 441 Å². The molecule has 74 heavy (non-hydrogen) atoms. The molecule has 4 heteroatoms. The van der Waals surface area contributed by atoms with E-state index < -0.39 is 0 Å². The van der Waals surface area contributed by atoms with Crippen LogP contribution in [0.25, 0.3) is 93.0 Å². The smallest absolute Gasteiger partial charge is 0.135 e. The van der Waals surface area contributed by atoms with Crippen molar-refractivity contribution < 1.29 is 4.42 Å². The van der Waals surface area contributed by atoms with Gasteiger partial charge in [0.1, 0.15) is 11.2 Å². The van der Waals surface area contributed by atoms with Gasteiger partial charge in [0, 0.05) is 59.8 Å². The molecule has 3 nitrogen and oxygen atoms in total. The maximum absolute atomic E-state index is 6.20. The van der Waals surface area contributed by atoms with Crippen LogP contribution in [0.3, 0.4) is 0 Å². The molecule has 0 saturated carbocycles. The zero-order chi connectivity index (χ0) is 51.9. The van der Waals surface area contributed by atoms with Gasteiger partial charge >= 0.3 is 0 Å². The molecule has 0 atom stereocenters. The third-order valence-electron chi connectivity index (χ3n) is 13.8. The van der Waals surface area contributed by atoms with Gasteiger partial charge in [-0.2, -0.15) is 0 Å². The monoisotopic (exact) mass is 980 g/mol. The minimum atomic E-state index is 0.901. The maximum Gasteiger partial charge on any atom is 0.135 e. The first-order valence-electron chi connectivity index (χ1n) is 25.6. The first kappa shape index (κ1) is 50.5. The minimum Gasteiger partial charge on any atom is -0.456 e. The Hall–Kier alpha value is -8.44.